The summed E-state index contributed by atoms with van der Waals surface area (Å²) in [6.07, 6.45) is 4.87. The SMILES string of the molecule is Cl.Nc1c(C(=O)c2cccc(-c3cccnc3)c2)cnn1-c1ccc(F)cc1. The lowest BCUT2D eigenvalue weighted by atomic mass is 10.00. The van der Waals surface area contributed by atoms with Crippen molar-refractivity contribution in [3.8, 4) is 16.8 Å². The maximum absolute atomic E-state index is 13.1. The minimum absolute atomic E-state index is 0. The quantitative estimate of drug-likeness (QED) is 0.523. The first-order valence-corrected chi connectivity index (χ1v) is 8.28. The number of hydrogen-bond acceptors (Lipinski definition) is 4. The molecule has 2 heterocycles. The molecule has 0 atom stereocenters. The minimum atomic E-state index is -0.354. The summed E-state index contributed by atoms with van der Waals surface area (Å²) in [6, 6.07) is 16.8. The molecular formula is C21H16ClFN4O. The number of anilines is 1. The van der Waals surface area contributed by atoms with E-state index in [0.717, 1.165) is 11.1 Å². The zero-order chi connectivity index (χ0) is 18.8. The van der Waals surface area contributed by atoms with Crippen molar-refractivity contribution in [2.75, 3.05) is 5.73 Å². The Morgan fingerprint density at radius 2 is 1.71 bits per heavy atom. The molecule has 0 saturated heterocycles. The average Bonchev–Trinajstić information content (AvgIpc) is 3.10. The van der Waals surface area contributed by atoms with Gasteiger partial charge >= 0.3 is 0 Å². The largest absolute Gasteiger partial charge is 0.383 e. The number of rotatable bonds is 4. The first kappa shape index (κ1) is 19.3. The second-order valence-electron chi connectivity index (χ2n) is 5.98. The van der Waals surface area contributed by atoms with Crippen molar-refractivity contribution in [3.05, 3.63) is 96.2 Å². The van der Waals surface area contributed by atoms with Crippen LogP contribution in [0.15, 0.2) is 79.3 Å². The van der Waals surface area contributed by atoms with E-state index < -0.39 is 0 Å². The van der Waals surface area contributed by atoms with Gasteiger partial charge in [0.05, 0.1) is 17.4 Å². The predicted octanol–water partition coefficient (Wildman–Crippen LogP) is 4.31. The lowest BCUT2D eigenvalue weighted by molar-refractivity contribution is 0.103. The standard InChI is InChI=1S/C21H15FN4O.ClH/c22-17-6-8-18(9-7-17)26-21(23)19(13-25-26)20(27)15-4-1-3-14(11-15)16-5-2-10-24-12-16;/h1-13H,23H2;1H. The highest BCUT2D eigenvalue weighted by Crippen LogP contribution is 2.24. The molecule has 4 rings (SSSR count). The van der Waals surface area contributed by atoms with Crippen molar-refractivity contribution < 1.29 is 9.18 Å². The number of carbonyl (C=O) groups excluding carboxylic acids is 1. The molecule has 0 spiro atoms. The van der Waals surface area contributed by atoms with Gasteiger partial charge in [0.1, 0.15) is 11.6 Å². The van der Waals surface area contributed by atoms with Crippen molar-refractivity contribution in [1.29, 1.82) is 0 Å². The van der Waals surface area contributed by atoms with Crippen LogP contribution in [0.25, 0.3) is 16.8 Å². The molecule has 5 nitrogen and oxygen atoms in total. The van der Waals surface area contributed by atoms with Crippen molar-refractivity contribution in [3.63, 3.8) is 0 Å². The van der Waals surface area contributed by atoms with Crippen molar-refractivity contribution in [1.82, 2.24) is 14.8 Å². The first-order valence-electron chi connectivity index (χ1n) is 8.28. The van der Waals surface area contributed by atoms with Gasteiger partial charge in [-0.05, 0) is 42.0 Å². The minimum Gasteiger partial charge on any atom is -0.383 e. The summed E-state index contributed by atoms with van der Waals surface area (Å²) >= 11 is 0. The molecule has 0 fully saturated rings. The number of carbonyl (C=O) groups is 1. The van der Waals surface area contributed by atoms with Crippen molar-refractivity contribution in [2.45, 2.75) is 0 Å². The van der Waals surface area contributed by atoms with Gasteiger partial charge in [0.25, 0.3) is 0 Å². The van der Waals surface area contributed by atoms with Crippen LogP contribution in [0.2, 0.25) is 0 Å². The van der Waals surface area contributed by atoms with Gasteiger partial charge < -0.3 is 5.73 Å². The van der Waals surface area contributed by atoms with E-state index >= 15 is 0 Å². The van der Waals surface area contributed by atoms with Gasteiger partial charge in [-0.15, -0.1) is 12.4 Å². The zero-order valence-electron chi connectivity index (χ0n) is 14.6. The molecule has 4 aromatic rings. The molecule has 2 N–H and O–H groups in total. The number of pyridine rings is 1. The third-order valence-electron chi connectivity index (χ3n) is 4.24. The van der Waals surface area contributed by atoms with Crippen LogP contribution in [0, 0.1) is 5.82 Å². The Bertz CT molecular complexity index is 1110. The molecule has 28 heavy (non-hydrogen) atoms. The molecule has 0 aliphatic rings. The van der Waals surface area contributed by atoms with E-state index in [1.54, 1.807) is 36.7 Å². The van der Waals surface area contributed by atoms with Gasteiger partial charge in [0, 0.05) is 23.5 Å². The topological polar surface area (TPSA) is 73.8 Å². The maximum Gasteiger partial charge on any atom is 0.198 e. The summed E-state index contributed by atoms with van der Waals surface area (Å²) in [7, 11) is 0. The van der Waals surface area contributed by atoms with Crippen molar-refractivity contribution >= 4 is 24.0 Å². The van der Waals surface area contributed by atoms with Crippen LogP contribution >= 0.6 is 12.4 Å². The van der Waals surface area contributed by atoms with Crippen LogP contribution in [0.5, 0.6) is 0 Å². The molecule has 0 radical (unpaired) electrons. The fraction of sp³-hybridized carbons (Fsp3) is 0. The van der Waals surface area contributed by atoms with Gasteiger partial charge in [-0.1, -0.05) is 24.3 Å². The van der Waals surface area contributed by atoms with Gasteiger partial charge in [0.2, 0.25) is 0 Å². The Morgan fingerprint density at radius 1 is 0.964 bits per heavy atom. The fourth-order valence-corrected chi connectivity index (χ4v) is 2.85. The maximum atomic E-state index is 13.1. The highest BCUT2D eigenvalue weighted by molar-refractivity contribution is 6.12. The third kappa shape index (κ3) is 3.63. The molecule has 7 heteroatoms. The number of nitrogens with zero attached hydrogens (tertiary/aromatic N) is 3. The summed E-state index contributed by atoms with van der Waals surface area (Å²) in [6.45, 7) is 0. The molecule has 0 unspecified atom stereocenters. The van der Waals surface area contributed by atoms with Crippen LogP contribution in [0.1, 0.15) is 15.9 Å². The molecular weight excluding hydrogens is 379 g/mol. The van der Waals surface area contributed by atoms with Gasteiger partial charge in [0.15, 0.2) is 5.78 Å². The Labute approximate surface area is 167 Å². The van der Waals surface area contributed by atoms with Crippen LogP contribution in [0.4, 0.5) is 10.2 Å². The number of nitrogens with two attached hydrogens (primary N) is 1. The molecule has 0 saturated carbocycles. The smallest absolute Gasteiger partial charge is 0.198 e. The number of aromatic nitrogens is 3. The van der Waals surface area contributed by atoms with E-state index in [9.17, 15) is 9.18 Å². The Balaban J connectivity index is 0.00000225. The number of ketones is 1. The van der Waals surface area contributed by atoms with Gasteiger partial charge in [-0.3, -0.25) is 9.78 Å². The Morgan fingerprint density at radius 3 is 2.43 bits per heavy atom. The second-order valence-corrected chi connectivity index (χ2v) is 5.98. The van der Waals surface area contributed by atoms with Gasteiger partial charge in [-0.25, -0.2) is 9.07 Å². The highest BCUT2D eigenvalue weighted by atomic mass is 35.5. The number of halogens is 2. The number of nitrogen functional groups attached to an aromatic ring is 1. The lowest BCUT2D eigenvalue weighted by Crippen LogP contribution is -2.07. The Hall–Kier alpha value is -3.51. The van der Waals surface area contributed by atoms with E-state index in [-0.39, 0.29) is 29.8 Å². The van der Waals surface area contributed by atoms with E-state index in [4.69, 9.17) is 5.73 Å². The molecule has 0 bridgehead atoms. The van der Waals surface area contributed by atoms with E-state index in [2.05, 4.69) is 10.1 Å². The zero-order valence-corrected chi connectivity index (χ0v) is 15.4. The summed E-state index contributed by atoms with van der Waals surface area (Å²) in [5.74, 6) is -0.377. The average molecular weight is 395 g/mol. The monoisotopic (exact) mass is 394 g/mol. The molecule has 2 aromatic carbocycles. The molecule has 0 amide bonds. The molecule has 0 aliphatic heterocycles. The van der Waals surface area contributed by atoms with E-state index in [1.807, 2.05) is 24.3 Å². The third-order valence-corrected chi connectivity index (χ3v) is 4.24. The summed E-state index contributed by atoms with van der Waals surface area (Å²) in [4.78, 5) is 17.0. The number of benzene rings is 2. The Kier molecular flexibility index (Phi) is 5.52. The summed E-state index contributed by atoms with van der Waals surface area (Å²) in [5, 5.41) is 4.18. The van der Waals surface area contributed by atoms with E-state index in [1.165, 1.54) is 23.0 Å². The van der Waals surface area contributed by atoms with E-state index in [0.29, 0.717) is 16.8 Å². The van der Waals surface area contributed by atoms with Crippen molar-refractivity contribution in [2.24, 2.45) is 0 Å². The highest BCUT2D eigenvalue weighted by Gasteiger charge is 2.18. The van der Waals surface area contributed by atoms with Crippen LogP contribution in [-0.4, -0.2) is 20.5 Å². The van der Waals surface area contributed by atoms with Crippen LogP contribution < -0.4 is 5.73 Å². The summed E-state index contributed by atoms with van der Waals surface area (Å²) < 4.78 is 14.5. The molecule has 0 aliphatic carbocycles. The molecule has 140 valence electrons. The lowest BCUT2D eigenvalue weighted by Gasteiger charge is -2.06. The van der Waals surface area contributed by atoms with Crippen LogP contribution in [0.3, 0.4) is 0 Å². The van der Waals surface area contributed by atoms with Crippen LogP contribution in [-0.2, 0) is 0 Å². The fourth-order valence-electron chi connectivity index (χ4n) is 2.85. The number of hydrogen-bond donors (Lipinski definition) is 1. The summed E-state index contributed by atoms with van der Waals surface area (Å²) in [5.41, 5.74) is 9.32. The predicted molar refractivity (Wildman–Crippen MR) is 108 cm³/mol. The second kappa shape index (κ2) is 8.02. The van der Waals surface area contributed by atoms with Gasteiger partial charge in [-0.2, -0.15) is 5.10 Å². The normalized spacial score (nSPS) is 10.3. The molecule has 2 aromatic heterocycles. The first-order chi connectivity index (χ1) is 13.1.